The summed E-state index contributed by atoms with van der Waals surface area (Å²) < 4.78 is 4.58. The molecule has 154 valence electrons. The van der Waals surface area contributed by atoms with Crippen LogP contribution in [0.15, 0.2) is 42.5 Å². The predicted molar refractivity (Wildman–Crippen MR) is 110 cm³/mol. The van der Waals surface area contributed by atoms with Crippen molar-refractivity contribution in [3.8, 4) is 5.75 Å². The van der Waals surface area contributed by atoms with Crippen LogP contribution in [0.1, 0.15) is 53.5 Å². The molecule has 3 N–H and O–H groups in total. The number of hydrogen-bond acceptors (Lipinski definition) is 5. The number of esters is 1. The molecule has 0 saturated heterocycles. The number of carbonyl (C=O) groups is 3. The largest absolute Gasteiger partial charge is 0.505 e. The Hall–Kier alpha value is -3.35. The van der Waals surface area contributed by atoms with E-state index in [4.69, 9.17) is 0 Å². The van der Waals surface area contributed by atoms with Crippen LogP contribution in [-0.2, 0) is 14.9 Å². The summed E-state index contributed by atoms with van der Waals surface area (Å²) in [5.41, 5.74) is 1.70. The van der Waals surface area contributed by atoms with Crippen LogP contribution >= 0.6 is 0 Å². The number of phenols is 1. The highest BCUT2D eigenvalue weighted by molar-refractivity contribution is 5.99. The second-order valence-electron chi connectivity index (χ2n) is 7.57. The lowest BCUT2D eigenvalue weighted by molar-refractivity contribution is -0.116. The first-order chi connectivity index (χ1) is 13.6. The van der Waals surface area contributed by atoms with E-state index in [0.29, 0.717) is 5.56 Å². The minimum absolute atomic E-state index is 0.00379. The normalized spacial score (nSPS) is 10.9. The lowest BCUT2D eigenvalue weighted by Gasteiger charge is -2.19. The first-order valence-electron chi connectivity index (χ1n) is 9.22. The Morgan fingerprint density at radius 3 is 2.28 bits per heavy atom. The summed E-state index contributed by atoms with van der Waals surface area (Å²) in [6.45, 7) is 6.42. The number of carbonyl (C=O) groups excluding carboxylic acids is 3. The molecule has 0 saturated carbocycles. The number of amides is 2. The summed E-state index contributed by atoms with van der Waals surface area (Å²) in [5, 5.41) is 15.3. The molecule has 0 atom stereocenters. The van der Waals surface area contributed by atoms with Crippen LogP contribution in [0.5, 0.6) is 5.75 Å². The number of methoxy groups -OCH3 is 1. The SMILES string of the molecule is COC(=O)c1cccc(NC(=O)CCNC(=O)c2ccc(C(C)(C)C)cc2)c1O. The fraction of sp³-hybridized carbons (Fsp3) is 0.318. The third kappa shape index (κ3) is 5.81. The number of anilines is 1. The molecule has 0 radical (unpaired) electrons. The highest BCUT2D eigenvalue weighted by atomic mass is 16.5. The van der Waals surface area contributed by atoms with Gasteiger partial charge >= 0.3 is 5.97 Å². The smallest absolute Gasteiger partial charge is 0.341 e. The highest BCUT2D eigenvalue weighted by Gasteiger charge is 2.17. The number of benzene rings is 2. The molecule has 29 heavy (non-hydrogen) atoms. The van der Waals surface area contributed by atoms with Gasteiger partial charge < -0.3 is 20.5 Å². The third-order valence-electron chi connectivity index (χ3n) is 4.37. The Bertz CT molecular complexity index is 898. The van der Waals surface area contributed by atoms with E-state index in [0.717, 1.165) is 5.56 Å². The zero-order valence-corrected chi connectivity index (χ0v) is 17.0. The van der Waals surface area contributed by atoms with Crippen molar-refractivity contribution in [2.24, 2.45) is 0 Å². The summed E-state index contributed by atoms with van der Waals surface area (Å²) in [6, 6.07) is 11.7. The number of para-hydroxylation sites is 1. The second-order valence-corrected chi connectivity index (χ2v) is 7.57. The van der Waals surface area contributed by atoms with Crippen LogP contribution in [0, 0.1) is 0 Å². The summed E-state index contributed by atoms with van der Waals surface area (Å²) in [4.78, 5) is 35.9. The van der Waals surface area contributed by atoms with Crippen molar-refractivity contribution >= 4 is 23.5 Å². The van der Waals surface area contributed by atoms with Gasteiger partial charge in [-0.05, 0) is 35.2 Å². The minimum Gasteiger partial charge on any atom is -0.505 e. The maximum absolute atomic E-state index is 12.2. The molecule has 0 bridgehead atoms. The van der Waals surface area contributed by atoms with Gasteiger partial charge in [-0.25, -0.2) is 4.79 Å². The van der Waals surface area contributed by atoms with Gasteiger partial charge in [-0.3, -0.25) is 9.59 Å². The van der Waals surface area contributed by atoms with Crippen molar-refractivity contribution in [3.63, 3.8) is 0 Å². The quantitative estimate of drug-likeness (QED) is 0.512. The molecule has 0 heterocycles. The predicted octanol–water partition coefficient (Wildman–Crippen LogP) is 3.23. The van der Waals surface area contributed by atoms with Gasteiger partial charge in [0, 0.05) is 18.5 Å². The molecule has 0 spiro atoms. The Morgan fingerprint density at radius 1 is 1.03 bits per heavy atom. The van der Waals surface area contributed by atoms with Crippen LogP contribution in [0.2, 0.25) is 0 Å². The topological polar surface area (TPSA) is 105 Å². The van der Waals surface area contributed by atoms with Crippen molar-refractivity contribution in [2.75, 3.05) is 19.0 Å². The fourth-order valence-electron chi connectivity index (χ4n) is 2.64. The zero-order valence-electron chi connectivity index (χ0n) is 17.0. The van der Waals surface area contributed by atoms with Gasteiger partial charge in [-0.15, -0.1) is 0 Å². The van der Waals surface area contributed by atoms with Crippen molar-refractivity contribution in [1.82, 2.24) is 5.32 Å². The number of aromatic hydroxyl groups is 1. The molecule has 0 fully saturated rings. The van der Waals surface area contributed by atoms with Gasteiger partial charge in [0.05, 0.1) is 12.8 Å². The van der Waals surface area contributed by atoms with Crippen LogP contribution in [0.3, 0.4) is 0 Å². The van der Waals surface area contributed by atoms with E-state index in [9.17, 15) is 19.5 Å². The van der Waals surface area contributed by atoms with Gasteiger partial charge in [0.15, 0.2) is 5.75 Å². The molecular formula is C22H26N2O5. The molecule has 0 aromatic heterocycles. The number of hydrogen-bond donors (Lipinski definition) is 3. The maximum Gasteiger partial charge on any atom is 0.341 e. The van der Waals surface area contributed by atoms with E-state index in [1.807, 2.05) is 12.1 Å². The first-order valence-corrected chi connectivity index (χ1v) is 9.22. The maximum atomic E-state index is 12.2. The van der Waals surface area contributed by atoms with Crippen LogP contribution < -0.4 is 10.6 Å². The van der Waals surface area contributed by atoms with Gasteiger partial charge in [0.25, 0.3) is 5.91 Å². The van der Waals surface area contributed by atoms with Crippen molar-refractivity contribution in [1.29, 1.82) is 0 Å². The molecule has 2 rings (SSSR count). The molecular weight excluding hydrogens is 372 g/mol. The lowest BCUT2D eigenvalue weighted by atomic mass is 9.87. The number of phenolic OH excluding ortho intramolecular Hbond substituents is 1. The monoisotopic (exact) mass is 398 g/mol. The van der Waals surface area contributed by atoms with E-state index in [-0.39, 0.29) is 41.3 Å². The van der Waals surface area contributed by atoms with Gasteiger partial charge in [0.1, 0.15) is 5.56 Å². The summed E-state index contributed by atoms with van der Waals surface area (Å²) in [6.07, 6.45) is 0.00765. The van der Waals surface area contributed by atoms with Crippen molar-refractivity contribution < 1.29 is 24.2 Å². The van der Waals surface area contributed by atoms with Crippen LogP contribution in [-0.4, -0.2) is 36.5 Å². The molecule has 0 aliphatic heterocycles. The minimum atomic E-state index is -0.705. The summed E-state index contributed by atoms with van der Waals surface area (Å²) >= 11 is 0. The Kier molecular flexibility index (Phi) is 6.98. The van der Waals surface area contributed by atoms with Crippen molar-refractivity contribution in [2.45, 2.75) is 32.6 Å². The molecule has 0 aliphatic carbocycles. The van der Waals surface area contributed by atoms with Crippen molar-refractivity contribution in [3.05, 3.63) is 59.2 Å². The van der Waals surface area contributed by atoms with E-state index in [1.54, 1.807) is 12.1 Å². The number of ether oxygens (including phenoxy) is 1. The molecule has 2 amide bonds. The summed E-state index contributed by atoms with van der Waals surface area (Å²) in [5.74, 6) is -1.75. The Morgan fingerprint density at radius 2 is 1.69 bits per heavy atom. The Labute approximate surface area is 170 Å². The third-order valence-corrected chi connectivity index (χ3v) is 4.37. The molecule has 2 aromatic carbocycles. The Balaban J connectivity index is 1.89. The fourth-order valence-corrected chi connectivity index (χ4v) is 2.64. The molecule has 0 aliphatic rings. The summed E-state index contributed by atoms with van der Waals surface area (Å²) in [7, 11) is 1.20. The van der Waals surface area contributed by atoms with Gasteiger partial charge in [0.2, 0.25) is 5.91 Å². The van der Waals surface area contributed by atoms with E-state index < -0.39 is 11.9 Å². The highest BCUT2D eigenvalue weighted by Crippen LogP contribution is 2.28. The molecule has 7 nitrogen and oxygen atoms in total. The van der Waals surface area contributed by atoms with Crippen LogP contribution in [0.4, 0.5) is 5.69 Å². The van der Waals surface area contributed by atoms with Crippen LogP contribution in [0.25, 0.3) is 0 Å². The average Bonchev–Trinajstić information content (AvgIpc) is 2.68. The van der Waals surface area contributed by atoms with Gasteiger partial charge in [-0.2, -0.15) is 0 Å². The lowest BCUT2D eigenvalue weighted by Crippen LogP contribution is -2.27. The first kappa shape index (κ1) is 21.9. The molecule has 2 aromatic rings. The van der Waals surface area contributed by atoms with E-state index in [2.05, 4.69) is 36.1 Å². The van der Waals surface area contributed by atoms with E-state index >= 15 is 0 Å². The molecule has 0 unspecified atom stereocenters. The second kappa shape index (κ2) is 9.23. The number of nitrogens with one attached hydrogen (secondary N) is 2. The van der Waals surface area contributed by atoms with E-state index in [1.165, 1.54) is 25.3 Å². The standard InChI is InChI=1S/C22H26N2O5/c1-22(2,3)15-10-8-14(9-11-15)20(27)23-13-12-18(25)24-17-7-5-6-16(19(17)26)21(28)29-4/h5-11,26H,12-13H2,1-4H3,(H,23,27)(H,24,25). The zero-order chi connectivity index (χ0) is 21.6. The molecule has 7 heteroatoms. The average molecular weight is 398 g/mol. The van der Waals surface area contributed by atoms with Gasteiger partial charge in [-0.1, -0.05) is 39.0 Å². The number of rotatable bonds is 6.